The average Bonchev–Trinajstić information content (AvgIpc) is 2.75. The number of carbonyl (C=O) groups is 2. The number of aromatic nitrogens is 1. The van der Waals surface area contributed by atoms with Crippen LogP contribution in [0.4, 0.5) is 0 Å². The number of carboxylic acid groups (broad SMARTS) is 2. The first-order valence-corrected chi connectivity index (χ1v) is 6.12. The number of hydrogen-bond acceptors (Lipinski definition) is 3. The lowest BCUT2D eigenvalue weighted by Crippen LogP contribution is -2.15. The van der Waals surface area contributed by atoms with Gasteiger partial charge in [-0.1, -0.05) is 12.1 Å². The number of carboxylic acids is 2. The first-order chi connectivity index (χ1) is 9.50. The molecule has 0 spiro atoms. The summed E-state index contributed by atoms with van der Waals surface area (Å²) in [5.41, 5.74) is 1.98. The molecule has 0 aliphatic rings. The van der Waals surface area contributed by atoms with Crippen LogP contribution in [0.3, 0.4) is 0 Å². The Balaban J connectivity index is 2.30. The molecule has 2 rings (SSSR count). The zero-order valence-corrected chi connectivity index (χ0v) is 11.0. The van der Waals surface area contributed by atoms with E-state index in [9.17, 15) is 14.7 Å². The van der Waals surface area contributed by atoms with Crippen LogP contribution < -0.4 is 0 Å². The highest BCUT2D eigenvalue weighted by molar-refractivity contribution is 5.95. The molecule has 0 saturated heterocycles. The highest BCUT2D eigenvalue weighted by Gasteiger charge is 2.15. The van der Waals surface area contributed by atoms with E-state index in [1.807, 2.05) is 25.1 Å². The molecule has 1 aromatic carbocycles. The van der Waals surface area contributed by atoms with E-state index in [0.29, 0.717) is 6.54 Å². The van der Waals surface area contributed by atoms with Gasteiger partial charge in [-0.3, -0.25) is 0 Å². The predicted octanol–water partition coefficient (Wildman–Crippen LogP) is 1.75. The van der Waals surface area contributed by atoms with Crippen LogP contribution in [0.1, 0.15) is 16.1 Å². The van der Waals surface area contributed by atoms with Crippen molar-refractivity contribution in [2.45, 2.75) is 13.5 Å². The average molecular weight is 277 g/mol. The summed E-state index contributed by atoms with van der Waals surface area (Å²) >= 11 is 0. The van der Waals surface area contributed by atoms with E-state index in [4.69, 9.17) is 9.84 Å². The Morgan fingerprint density at radius 1 is 1.30 bits per heavy atom. The van der Waals surface area contributed by atoms with Gasteiger partial charge in [-0.05, 0) is 24.6 Å². The lowest BCUT2D eigenvalue weighted by Gasteiger charge is -2.08. The van der Waals surface area contributed by atoms with Crippen molar-refractivity contribution in [3.63, 3.8) is 0 Å². The van der Waals surface area contributed by atoms with Gasteiger partial charge in [0, 0.05) is 17.4 Å². The van der Waals surface area contributed by atoms with E-state index in [2.05, 4.69) is 0 Å². The second-order valence-corrected chi connectivity index (χ2v) is 4.44. The summed E-state index contributed by atoms with van der Waals surface area (Å²) in [7, 11) is 0. The predicted molar refractivity (Wildman–Crippen MR) is 72.1 cm³/mol. The number of hydrogen-bond donors (Lipinski definition) is 2. The minimum Gasteiger partial charge on any atom is -0.480 e. The first-order valence-electron chi connectivity index (χ1n) is 6.12. The minimum absolute atomic E-state index is 0.143. The molecule has 0 radical (unpaired) electrons. The first kappa shape index (κ1) is 14.1. The molecule has 0 saturated carbocycles. The Morgan fingerprint density at radius 3 is 2.70 bits per heavy atom. The molecule has 0 fully saturated rings. The summed E-state index contributed by atoms with van der Waals surface area (Å²) in [6.07, 6.45) is 0. The maximum atomic E-state index is 11.3. The van der Waals surface area contributed by atoms with E-state index < -0.39 is 11.9 Å². The largest absolute Gasteiger partial charge is 0.480 e. The maximum Gasteiger partial charge on any atom is 0.352 e. The van der Waals surface area contributed by atoms with Crippen molar-refractivity contribution < 1.29 is 24.5 Å². The highest BCUT2D eigenvalue weighted by atomic mass is 16.5. The molecule has 0 bridgehead atoms. The number of ether oxygens (including phenoxy) is 1. The summed E-state index contributed by atoms with van der Waals surface area (Å²) in [6.45, 7) is 1.96. The molecule has 20 heavy (non-hydrogen) atoms. The van der Waals surface area contributed by atoms with E-state index in [-0.39, 0.29) is 18.9 Å². The minimum atomic E-state index is -1.04. The Kier molecular flexibility index (Phi) is 4.05. The summed E-state index contributed by atoms with van der Waals surface area (Å²) < 4.78 is 6.60. The Hall–Kier alpha value is -2.34. The third-order valence-corrected chi connectivity index (χ3v) is 3.07. The van der Waals surface area contributed by atoms with Gasteiger partial charge in [0.25, 0.3) is 0 Å². The number of aromatic carboxylic acids is 1. The van der Waals surface area contributed by atoms with Gasteiger partial charge in [-0.15, -0.1) is 0 Å². The van der Waals surface area contributed by atoms with Crippen molar-refractivity contribution >= 4 is 22.8 Å². The van der Waals surface area contributed by atoms with Gasteiger partial charge in [-0.25, -0.2) is 9.59 Å². The summed E-state index contributed by atoms with van der Waals surface area (Å²) in [6, 6.07) is 7.24. The quantitative estimate of drug-likeness (QED) is 0.785. The van der Waals surface area contributed by atoms with Gasteiger partial charge < -0.3 is 19.5 Å². The fraction of sp³-hybridized carbons (Fsp3) is 0.286. The molecule has 0 amide bonds. The lowest BCUT2D eigenvalue weighted by atomic mass is 10.1. The molecule has 6 nitrogen and oxygen atoms in total. The van der Waals surface area contributed by atoms with Crippen LogP contribution in [-0.2, 0) is 16.1 Å². The van der Waals surface area contributed by atoms with Crippen molar-refractivity contribution in [3.8, 4) is 0 Å². The highest BCUT2D eigenvalue weighted by Crippen LogP contribution is 2.23. The fourth-order valence-corrected chi connectivity index (χ4v) is 2.17. The summed E-state index contributed by atoms with van der Waals surface area (Å²) in [4.78, 5) is 21.7. The topological polar surface area (TPSA) is 88.8 Å². The van der Waals surface area contributed by atoms with Crippen molar-refractivity contribution in [2.75, 3.05) is 13.2 Å². The van der Waals surface area contributed by atoms with Gasteiger partial charge in [0.05, 0.1) is 6.61 Å². The van der Waals surface area contributed by atoms with E-state index in [0.717, 1.165) is 16.5 Å². The van der Waals surface area contributed by atoms with Crippen molar-refractivity contribution in [3.05, 3.63) is 35.5 Å². The number of rotatable bonds is 6. The Labute approximate surface area is 115 Å². The number of nitrogens with zero attached hydrogens (tertiary/aromatic N) is 1. The molecule has 2 N–H and O–H groups in total. The second-order valence-electron chi connectivity index (χ2n) is 4.44. The SMILES string of the molecule is Cc1cccc2c1cc(C(=O)O)n2CCOCC(=O)O. The van der Waals surface area contributed by atoms with E-state index >= 15 is 0 Å². The monoisotopic (exact) mass is 277 g/mol. The number of aryl methyl sites for hydroxylation is 1. The van der Waals surface area contributed by atoms with Crippen LogP contribution in [0.5, 0.6) is 0 Å². The van der Waals surface area contributed by atoms with Gasteiger partial charge in [0.15, 0.2) is 0 Å². The number of aliphatic carboxylic acids is 1. The molecule has 2 aromatic rings. The summed E-state index contributed by atoms with van der Waals surface area (Å²) in [5, 5.41) is 18.6. The number of benzene rings is 1. The molecule has 1 heterocycles. The van der Waals surface area contributed by atoms with Crippen LogP contribution >= 0.6 is 0 Å². The second kappa shape index (κ2) is 5.75. The maximum absolute atomic E-state index is 11.3. The molecule has 1 aromatic heterocycles. The Bertz CT molecular complexity index is 659. The fourth-order valence-electron chi connectivity index (χ4n) is 2.17. The van der Waals surface area contributed by atoms with E-state index in [1.165, 1.54) is 0 Å². The Morgan fingerprint density at radius 2 is 2.05 bits per heavy atom. The molecular weight excluding hydrogens is 262 g/mol. The zero-order chi connectivity index (χ0) is 14.7. The molecule has 0 aliphatic carbocycles. The molecule has 6 heteroatoms. The smallest absolute Gasteiger partial charge is 0.352 e. The van der Waals surface area contributed by atoms with Gasteiger partial charge in [-0.2, -0.15) is 0 Å². The molecule has 0 atom stereocenters. The normalized spacial score (nSPS) is 10.8. The van der Waals surface area contributed by atoms with Crippen LogP contribution in [0.15, 0.2) is 24.3 Å². The standard InChI is InChI=1S/C14H15NO5/c1-9-3-2-4-11-10(9)7-12(14(18)19)15(11)5-6-20-8-13(16)17/h2-4,7H,5-6,8H2,1H3,(H,16,17)(H,18,19). The molecule has 106 valence electrons. The van der Waals surface area contributed by atoms with Crippen molar-refractivity contribution in [1.82, 2.24) is 4.57 Å². The zero-order valence-electron chi connectivity index (χ0n) is 11.0. The molecule has 0 unspecified atom stereocenters. The third kappa shape index (κ3) is 2.80. The van der Waals surface area contributed by atoms with Crippen LogP contribution in [0.25, 0.3) is 10.9 Å². The van der Waals surface area contributed by atoms with Crippen molar-refractivity contribution in [1.29, 1.82) is 0 Å². The molecular formula is C14H15NO5. The van der Waals surface area contributed by atoms with Gasteiger partial charge in [0.1, 0.15) is 12.3 Å². The van der Waals surface area contributed by atoms with Gasteiger partial charge >= 0.3 is 11.9 Å². The third-order valence-electron chi connectivity index (χ3n) is 3.07. The lowest BCUT2D eigenvalue weighted by molar-refractivity contribution is -0.142. The number of fused-ring (bicyclic) bond motifs is 1. The van der Waals surface area contributed by atoms with Crippen LogP contribution in [-0.4, -0.2) is 39.9 Å². The molecule has 0 aliphatic heterocycles. The van der Waals surface area contributed by atoms with Crippen molar-refractivity contribution in [2.24, 2.45) is 0 Å². The van der Waals surface area contributed by atoms with Crippen LogP contribution in [0, 0.1) is 6.92 Å². The van der Waals surface area contributed by atoms with Crippen LogP contribution in [0.2, 0.25) is 0 Å². The summed E-state index contributed by atoms with van der Waals surface area (Å²) in [5.74, 6) is -2.06. The van der Waals surface area contributed by atoms with Gasteiger partial charge in [0.2, 0.25) is 0 Å². The van der Waals surface area contributed by atoms with E-state index in [1.54, 1.807) is 10.6 Å².